The molecule has 1 heterocycles. The Balaban J connectivity index is 0.000000845. The lowest BCUT2D eigenvalue weighted by molar-refractivity contribution is -0.128. The Morgan fingerprint density at radius 1 is 1.31 bits per heavy atom. The van der Waals surface area contributed by atoms with E-state index in [0.29, 0.717) is 12.0 Å². The number of hydrogen-bond donors (Lipinski definition) is 2. The lowest BCUT2D eigenvalue weighted by Gasteiger charge is -2.25. The van der Waals surface area contributed by atoms with E-state index in [-0.39, 0.29) is 18.3 Å². The monoisotopic (exact) mass is 204 g/mol. The highest BCUT2D eigenvalue weighted by Crippen LogP contribution is 2.26. The summed E-state index contributed by atoms with van der Waals surface area (Å²) in [5.41, 5.74) is 0. The maximum absolute atomic E-state index is 11.4. The molecule has 76 valence electrons. The second kappa shape index (κ2) is 4.82. The van der Waals surface area contributed by atoms with E-state index in [1.165, 1.54) is 6.42 Å². The minimum atomic E-state index is 0. The van der Waals surface area contributed by atoms with Crippen LogP contribution in [0.4, 0.5) is 0 Å². The molecule has 0 aromatic carbocycles. The van der Waals surface area contributed by atoms with Crippen LogP contribution in [0.25, 0.3) is 0 Å². The van der Waals surface area contributed by atoms with Crippen molar-refractivity contribution >= 4 is 18.3 Å². The molecule has 0 bridgehead atoms. The average molecular weight is 205 g/mol. The van der Waals surface area contributed by atoms with E-state index in [1.807, 2.05) is 0 Å². The van der Waals surface area contributed by atoms with Gasteiger partial charge in [-0.05, 0) is 25.8 Å². The number of halogens is 1. The first-order chi connectivity index (χ1) is 5.86. The van der Waals surface area contributed by atoms with Gasteiger partial charge in [-0.3, -0.25) is 4.79 Å². The molecule has 2 aliphatic rings. The van der Waals surface area contributed by atoms with Crippen LogP contribution in [0.2, 0.25) is 0 Å². The van der Waals surface area contributed by atoms with Crippen LogP contribution < -0.4 is 10.6 Å². The SMILES string of the molecule is Cl.O=C(N[C@@H]1CCNC1)C1CCC1. The van der Waals surface area contributed by atoms with Gasteiger partial charge in [-0.15, -0.1) is 12.4 Å². The van der Waals surface area contributed by atoms with Crippen molar-refractivity contribution in [2.45, 2.75) is 31.7 Å². The molecule has 1 amide bonds. The van der Waals surface area contributed by atoms with Gasteiger partial charge in [0.1, 0.15) is 0 Å². The van der Waals surface area contributed by atoms with Crippen LogP contribution >= 0.6 is 12.4 Å². The first-order valence-corrected chi connectivity index (χ1v) is 4.87. The van der Waals surface area contributed by atoms with Gasteiger partial charge in [0.25, 0.3) is 0 Å². The van der Waals surface area contributed by atoms with Gasteiger partial charge in [-0.25, -0.2) is 0 Å². The second-order valence-corrected chi connectivity index (χ2v) is 3.83. The molecule has 0 spiro atoms. The number of carbonyl (C=O) groups is 1. The fourth-order valence-electron chi connectivity index (χ4n) is 1.77. The Bertz CT molecular complexity index is 176. The Labute approximate surface area is 85.1 Å². The number of nitrogens with one attached hydrogen (secondary N) is 2. The zero-order chi connectivity index (χ0) is 8.39. The van der Waals surface area contributed by atoms with E-state index in [1.54, 1.807) is 0 Å². The Hall–Kier alpha value is -0.280. The Morgan fingerprint density at radius 3 is 2.54 bits per heavy atom. The normalized spacial score (nSPS) is 27.5. The van der Waals surface area contributed by atoms with Gasteiger partial charge < -0.3 is 10.6 Å². The van der Waals surface area contributed by atoms with Crippen molar-refractivity contribution in [2.75, 3.05) is 13.1 Å². The predicted octanol–water partition coefficient (Wildman–Crippen LogP) is 0.686. The van der Waals surface area contributed by atoms with Gasteiger partial charge in [0.15, 0.2) is 0 Å². The third kappa shape index (κ3) is 2.58. The van der Waals surface area contributed by atoms with Crippen molar-refractivity contribution in [3.05, 3.63) is 0 Å². The minimum Gasteiger partial charge on any atom is -0.352 e. The molecule has 2 N–H and O–H groups in total. The van der Waals surface area contributed by atoms with Crippen LogP contribution in [0, 0.1) is 5.92 Å². The first kappa shape index (κ1) is 10.8. The fraction of sp³-hybridized carbons (Fsp3) is 0.889. The van der Waals surface area contributed by atoms with Crippen LogP contribution in [0.3, 0.4) is 0 Å². The van der Waals surface area contributed by atoms with Gasteiger partial charge in [0, 0.05) is 18.5 Å². The summed E-state index contributed by atoms with van der Waals surface area (Å²) in [6.45, 7) is 2.01. The van der Waals surface area contributed by atoms with Crippen LogP contribution in [0.1, 0.15) is 25.7 Å². The topological polar surface area (TPSA) is 41.1 Å². The highest BCUT2D eigenvalue weighted by atomic mass is 35.5. The Morgan fingerprint density at radius 2 is 2.08 bits per heavy atom. The zero-order valence-electron chi connectivity index (χ0n) is 7.71. The highest BCUT2D eigenvalue weighted by Gasteiger charge is 2.27. The summed E-state index contributed by atoms with van der Waals surface area (Å²) in [6, 6.07) is 0.401. The molecule has 1 saturated carbocycles. The van der Waals surface area contributed by atoms with Crippen molar-refractivity contribution in [1.29, 1.82) is 0 Å². The molecular formula is C9H17ClN2O. The van der Waals surface area contributed by atoms with Gasteiger partial charge >= 0.3 is 0 Å². The predicted molar refractivity (Wildman–Crippen MR) is 54.0 cm³/mol. The van der Waals surface area contributed by atoms with Crippen molar-refractivity contribution in [1.82, 2.24) is 10.6 Å². The number of amides is 1. The summed E-state index contributed by atoms with van der Waals surface area (Å²) in [5, 5.41) is 6.32. The zero-order valence-corrected chi connectivity index (χ0v) is 8.53. The lowest BCUT2D eigenvalue weighted by atomic mass is 9.84. The van der Waals surface area contributed by atoms with E-state index in [0.717, 1.165) is 32.4 Å². The molecule has 1 saturated heterocycles. The molecule has 0 radical (unpaired) electrons. The van der Waals surface area contributed by atoms with E-state index < -0.39 is 0 Å². The molecular weight excluding hydrogens is 188 g/mol. The number of carbonyl (C=O) groups excluding carboxylic acids is 1. The first-order valence-electron chi connectivity index (χ1n) is 4.87. The second-order valence-electron chi connectivity index (χ2n) is 3.83. The van der Waals surface area contributed by atoms with Crippen molar-refractivity contribution < 1.29 is 4.79 Å². The largest absolute Gasteiger partial charge is 0.352 e. The van der Waals surface area contributed by atoms with E-state index in [2.05, 4.69) is 10.6 Å². The van der Waals surface area contributed by atoms with Crippen LogP contribution in [0.15, 0.2) is 0 Å². The molecule has 1 aliphatic heterocycles. The molecule has 3 nitrogen and oxygen atoms in total. The van der Waals surface area contributed by atoms with E-state index >= 15 is 0 Å². The van der Waals surface area contributed by atoms with Crippen molar-refractivity contribution in [3.8, 4) is 0 Å². The molecule has 13 heavy (non-hydrogen) atoms. The smallest absolute Gasteiger partial charge is 0.223 e. The lowest BCUT2D eigenvalue weighted by Crippen LogP contribution is -2.41. The van der Waals surface area contributed by atoms with Crippen LogP contribution in [0.5, 0.6) is 0 Å². The third-order valence-electron chi connectivity index (χ3n) is 2.88. The molecule has 2 rings (SSSR count). The van der Waals surface area contributed by atoms with Crippen LogP contribution in [-0.4, -0.2) is 25.0 Å². The molecule has 4 heteroatoms. The summed E-state index contributed by atoms with van der Waals surface area (Å²) in [5.74, 6) is 0.626. The molecule has 0 aromatic rings. The van der Waals surface area contributed by atoms with E-state index in [4.69, 9.17) is 0 Å². The summed E-state index contributed by atoms with van der Waals surface area (Å²) < 4.78 is 0. The molecule has 0 aromatic heterocycles. The summed E-state index contributed by atoms with van der Waals surface area (Å²) in [7, 11) is 0. The number of rotatable bonds is 2. The molecule has 1 atom stereocenters. The maximum Gasteiger partial charge on any atom is 0.223 e. The van der Waals surface area contributed by atoms with Crippen LogP contribution in [-0.2, 0) is 4.79 Å². The summed E-state index contributed by atoms with van der Waals surface area (Å²) >= 11 is 0. The summed E-state index contributed by atoms with van der Waals surface area (Å²) in [4.78, 5) is 11.4. The average Bonchev–Trinajstić information content (AvgIpc) is 2.34. The fourth-order valence-corrected chi connectivity index (χ4v) is 1.77. The van der Waals surface area contributed by atoms with Gasteiger partial charge in [-0.2, -0.15) is 0 Å². The van der Waals surface area contributed by atoms with Gasteiger partial charge in [-0.1, -0.05) is 6.42 Å². The third-order valence-corrected chi connectivity index (χ3v) is 2.88. The van der Waals surface area contributed by atoms with Crippen molar-refractivity contribution in [2.24, 2.45) is 5.92 Å². The molecule has 2 fully saturated rings. The number of hydrogen-bond acceptors (Lipinski definition) is 2. The quantitative estimate of drug-likeness (QED) is 0.695. The molecule has 0 unspecified atom stereocenters. The summed E-state index contributed by atoms with van der Waals surface area (Å²) in [6.07, 6.45) is 4.54. The minimum absolute atomic E-state index is 0. The maximum atomic E-state index is 11.4. The molecule has 1 aliphatic carbocycles. The van der Waals surface area contributed by atoms with Crippen molar-refractivity contribution in [3.63, 3.8) is 0 Å². The van der Waals surface area contributed by atoms with Gasteiger partial charge in [0.05, 0.1) is 0 Å². The standard InChI is InChI=1S/C9H16N2O.ClH/c12-9(7-2-1-3-7)11-8-4-5-10-6-8;/h7-8,10H,1-6H2,(H,11,12);1H/t8-;/m1./s1. The Kier molecular flexibility index (Phi) is 4.00. The highest BCUT2D eigenvalue weighted by molar-refractivity contribution is 5.85. The van der Waals surface area contributed by atoms with Gasteiger partial charge in [0.2, 0.25) is 5.91 Å². The van der Waals surface area contributed by atoms with E-state index in [9.17, 15) is 4.79 Å².